The highest BCUT2D eigenvalue weighted by molar-refractivity contribution is 8.48. The Balaban J connectivity index is 2.51. The Bertz CT molecular complexity index is 111. The van der Waals surface area contributed by atoms with Crippen LogP contribution in [0.3, 0.4) is 0 Å². The molecule has 1 aliphatic rings. The topological polar surface area (TPSA) is 0 Å². The Labute approximate surface area is 90.7 Å². The first kappa shape index (κ1) is 10.2. The highest BCUT2D eigenvalue weighted by atomic mass is 32.3. The zero-order valence-electron chi connectivity index (χ0n) is 5.22. The van der Waals surface area contributed by atoms with Crippen molar-refractivity contribution in [2.75, 3.05) is 0 Å². The molecule has 0 aromatic heterocycles. The molecule has 1 fully saturated rings. The van der Waals surface area contributed by atoms with Gasteiger partial charge >= 0.3 is 0 Å². The number of rotatable bonds is 0. The lowest BCUT2D eigenvalue weighted by atomic mass is 10.9. The maximum atomic E-state index is 4.45. The molecule has 0 nitrogen and oxygen atoms in total. The van der Waals surface area contributed by atoms with E-state index in [0.717, 1.165) is 0 Å². The second-order valence-corrected chi connectivity index (χ2v) is 10.9. The first-order valence-corrected chi connectivity index (χ1v) is 6.77. The van der Waals surface area contributed by atoms with Crippen LogP contribution in [-0.2, 0) is 0 Å². The van der Waals surface area contributed by atoms with E-state index in [0.29, 0.717) is 7.83 Å². The summed E-state index contributed by atoms with van der Waals surface area (Å²) in [7, 11) is 0. The van der Waals surface area contributed by atoms with E-state index in [-0.39, 0.29) is 3.41 Å². The summed E-state index contributed by atoms with van der Waals surface area (Å²) in [6, 6.07) is 0. The van der Waals surface area contributed by atoms with Crippen LogP contribution in [0.15, 0.2) is 0 Å². The van der Waals surface area contributed by atoms with E-state index in [4.69, 9.17) is 0 Å². The number of hydrogen-bond donors (Lipinski definition) is 3. The molecule has 2 atom stereocenters. The van der Waals surface area contributed by atoms with Gasteiger partial charge in [-0.05, 0) is 6.92 Å². The monoisotopic (exact) mass is 248 g/mol. The molecule has 10 heavy (non-hydrogen) atoms. The Hall–Kier alpha value is 2.10. The normalized spacial score (nSPS) is 49.2. The van der Waals surface area contributed by atoms with Gasteiger partial charge in [-0.2, -0.15) is 37.9 Å². The molecule has 0 amide bonds. The van der Waals surface area contributed by atoms with Crippen LogP contribution < -0.4 is 0 Å². The lowest BCUT2D eigenvalue weighted by molar-refractivity contribution is 1.33. The second-order valence-electron chi connectivity index (χ2n) is 1.88. The maximum absolute atomic E-state index is 4.45. The number of thiol groups is 3. The van der Waals surface area contributed by atoms with Crippen LogP contribution in [0.25, 0.3) is 0 Å². The van der Waals surface area contributed by atoms with E-state index in [1.54, 1.807) is 35.3 Å². The van der Waals surface area contributed by atoms with Crippen LogP contribution >= 0.6 is 73.2 Å². The first-order valence-electron chi connectivity index (χ1n) is 2.59. The molecule has 1 rings (SSSR count). The average molecular weight is 249 g/mol. The molecule has 0 N–H and O–H groups in total. The van der Waals surface area contributed by atoms with Crippen LogP contribution in [0.1, 0.15) is 6.92 Å². The molecule has 0 saturated carbocycles. The van der Waals surface area contributed by atoms with Crippen molar-refractivity contribution in [1.29, 1.82) is 0 Å². The molecule has 1 heterocycles. The fourth-order valence-corrected chi connectivity index (χ4v) is 9.91. The lowest BCUT2D eigenvalue weighted by Gasteiger charge is -2.33. The Morgan fingerprint density at radius 1 is 1.20 bits per heavy atom. The molecule has 0 spiro atoms. The maximum Gasteiger partial charge on any atom is 0.105 e. The molecular formula is C4H8S6. The zero-order chi connectivity index (χ0) is 7.78. The molecule has 2 unspecified atom stereocenters. The highest BCUT2D eigenvalue weighted by Crippen LogP contribution is 2.57. The standard InChI is InChI=1S/C4H8S6/c1-4(7)9-2(5)8-3(6)10-4/h2-3,5-7H,1H3. The van der Waals surface area contributed by atoms with Gasteiger partial charge in [0, 0.05) is 0 Å². The largest absolute Gasteiger partial charge is 0.154 e. The van der Waals surface area contributed by atoms with Crippen molar-refractivity contribution in [3.8, 4) is 0 Å². The van der Waals surface area contributed by atoms with E-state index >= 15 is 0 Å². The molecule has 1 aliphatic heterocycles. The predicted molar refractivity (Wildman–Crippen MR) is 65.7 cm³/mol. The van der Waals surface area contributed by atoms with Crippen molar-refractivity contribution >= 4 is 73.2 Å². The van der Waals surface area contributed by atoms with E-state index < -0.39 is 0 Å². The molecule has 0 aromatic rings. The number of hydrogen-bond acceptors (Lipinski definition) is 6. The first-order chi connectivity index (χ1) is 4.49. The van der Waals surface area contributed by atoms with Crippen LogP contribution in [0.2, 0.25) is 0 Å². The van der Waals surface area contributed by atoms with Crippen LogP contribution in [0.5, 0.6) is 0 Å². The van der Waals surface area contributed by atoms with Gasteiger partial charge in [-0.3, -0.25) is 0 Å². The van der Waals surface area contributed by atoms with Crippen molar-refractivity contribution < 1.29 is 0 Å². The van der Waals surface area contributed by atoms with Gasteiger partial charge in [-0.25, -0.2) is 0 Å². The zero-order valence-corrected chi connectivity index (χ0v) is 10.4. The quantitative estimate of drug-likeness (QED) is 0.564. The van der Waals surface area contributed by atoms with Gasteiger partial charge in [-0.1, -0.05) is 0 Å². The van der Waals surface area contributed by atoms with Crippen molar-refractivity contribution in [1.82, 2.24) is 0 Å². The third-order valence-electron chi connectivity index (χ3n) is 0.872. The minimum Gasteiger partial charge on any atom is -0.154 e. The van der Waals surface area contributed by atoms with Crippen molar-refractivity contribution in [2.24, 2.45) is 0 Å². The molecule has 0 bridgehead atoms. The third kappa shape index (κ3) is 3.23. The van der Waals surface area contributed by atoms with Crippen molar-refractivity contribution in [3.05, 3.63) is 0 Å². The average Bonchev–Trinajstić information content (AvgIpc) is 1.54. The second kappa shape index (κ2) is 3.87. The van der Waals surface area contributed by atoms with Gasteiger partial charge in [-0.15, -0.1) is 35.3 Å². The van der Waals surface area contributed by atoms with E-state index in [1.807, 2.05) is 0 Å². The summed E-state index contributed by atoms with van der Waals surface area (Å²) in [6.45, 7) is 2.08. The van der Waals surface area contributed by atoms with Crippen LogP contribution in [0, 0.1) is 0 Å². The van der Waals surface area contributed by atoms with Crippen LogP contribution in [0.4, 0.5) is 0 Å². The summed E-state index contributed by atoms with van der Waals surface area (Å²) in [6.07, 6.45) is 0. The van der Waals surface area contributed by atoms with Gasteiger partial charge < -0.3 is 0 Å². The summed E-state index contributed by atoms with van der Waals surface area (Å²) in [5.41, 5.74) is 0. The smallest absolute Gasteiger partial charge is 0.105 e. The van der Waals surface area contributed by atoms with Gasteiger partial charge in [0.15, 0.2) is 0 Å². The van der Waals surface area contributed by atoms with Gasteiger partial charge in [0.25, 0.3) is 0 Å². The Morgan fingerprint density at radius 2 is 1.60 bits per heavy atom. The minimum atomic E-state index is -0.0237. The summed E-state index contributed by atoms with van der Waals surface area (Å²) >= 11 is 18.4. The molecule has 1 saturated heterocycles. The summed E-state index contributed by atoms with van der Waals surface area (Å²) in [5, 5.41) is 0. The predicted octanol–water partition coefficient (Wildman–Crippen LogP) is 3.23. The molecule has 60 valence electrons. The third-order valence-corrected chi connectivity index (χ3v) is 6.43. The highest BCUT2D eigenvalue weighted by Gasteiger charge is 2.33. The fourth-order valence-electron chi connectivity index (χ4n) is 0.557. The van der Waals surface area contributed by atoms with Crippen LogP contribution in [-0.4, -0.2) is 11.2 Å². The SMILES string of the molecule is CC1(S)SC(S)SC(S)S1. The molecule has 0 aliphatic carbocycles. The fraction of sp³-hybridized carbons (Fsp3) is 1.00. The Kier molecular flexibility index (Phi) is 3.94. The Morgan fingerprint density at radius 3 is 1.90 bits per heavy atom. The van der Waals surface area contributed by atoms with E-state index in [1.165, 1.54) is 0 Å². The summed E-state index contributed by atoms with van der Waals surface area (Å²) < 4.78 is 0.599. The molecule has 0 radical (unpaired) electrons. The van der Waals surface area contributed by atoms with Gasteiger partial charge in [0.1, 0.15) is 3.41 Å². The summed E-state index contributed by atoms with van der Waals surface area (Å²) in [5.74, 6) is 0. The van der Waals surface area contributed by atoms with Gasteiger partial charge in [0.05, 0.1) is 7.83 Å². The lowest BCUT2D eigenvalue weighted by Crippen LogP contribution is -2.17. The molecular weight excluding hydrogens is 240 g/mol. The van der Waals surface area contributed by atoms with E-state index in [2.05, 4.69) is 44.8 Å². The number of thioether (sulfide) groups is 3. The van der Waals surface area contributed by atoms with E-state index in [9.17, 15) is 0 Å². The molecule has 6 heteroatoms. The minimum absolute atomic E-state index is 0.0237. The molecule has 0 aromatic carbocycles. The van der Waals surface area contributed by atoms with Crippen molar-refractivity contribution in [3.63, 3.8) is 0 Å². The van der Waals surface area contributed by atoms with Crippen molar-refractivity contribution in [2.45, 2.75) is 18.2 Å². The van der Waals surface area contributed by atoms with Gasteiger partial charge in [0.2, 0.25) is 0 Å². The summed E-state index contributed by atoms with van der Waals surface area (Å²) in [4.78, 5) is 0.